The van der Waals surface area contributed by atoms with E-state index in [1.807, 2.05) is 0 Å². The molecule has 0 rings (SSSR count). The van der Waals surface area contributed by atoms with Crippen LogP contribution in [0.3, 0.4) is 0 Å². The quantitative estimate of drug-likeness (QED) is 0.542. The number of hydrogen-bond donors (Lipinski definition) is 0. The van der Waals surface area contributed by atoms with Gasteiger partial charge in [0.2, 0.25) is 0 Å². The molecule has 5 heteroatoms. The molecule has 0 amide bonds. The molecule has 0 atom stereocenters. The minimum atomic E-state index is -3.11. The molecule has 0 N–H and O–H groups in total. The Labute approximate surface area is 63.9 Å². The molecule has 0 unspecified atom stereocenters. The Balaban J connectivity index is -0.0000000800. The average molecular weight is 222 g/mol. The van der Waals surface area contributed by atoms with Gasteiger partial charge in [0, 0.05) is 0 Å². The zero-order valence-corrected chi connectivity index (χ0v) is 6.60. The van der Waals surface area contributed by atoms with Gasteiger partial charge < -0.3 is 0 Å². The van der Waals surface area contributed by atoms with Crippen LogP contribution in [-0.4, -0.2) is 0 Å². The maximum absolute atomic E-state index is 5.01. The summed E-state index contributed by atoms with van der Waals surface area (Å²) < 4.78 is 0. The Morgan fingerprint density at radius 2 is 0.714 bits per heavy atom. The second kappa shape index (κ2) is 6.00. The molecule has 0 saturated heterocycles. The zero-order valence-electron chi connectivity index (χ0n) is 2.01. The molecule has 0 aromatic rings. The maximum atomic E-state index is 5.01. The SMILES string of the molecule is C.C.[Cl][Ti]([Cl])([Cl])[Cl]. The van der Waals surface area contributed by atoms with E-state index in [1.54, 1.807) is 0 Å². The van der Waals surface area contributed by atoms with E-state index in [0.717, 1.165) is 0 Å². The molecule has 0 aromatic carbocycles. The van der Waals surface area contributed by atoms with E-state index in [0.29, 0.717) is 0 Å². The third kappa shape index (κ3) is 77.3. The topological polar surface area (TPSA) is 0 Å². The third-order valence-electron chi connectivity index (χ3n) is 0. The Bertz CT molecular complexity index is 25.2. The van der Waals surface area contributed by atoms with E-state index in [9.17, 15) is 0 Å². The van der Waals surface area contributed by atoms with Gasteiger partial charge in [-0.1, -0.05) is 14.9 Å². The summed E-state index contributed by atoms with van der Waals surface area (Å²) in [5.41, 5.74) is 0. The number of hydrogen-bond acceptors (Lipinski definition) is 0. The molecular weight excluding hydrogens is 214 g/mol. The van der Waals surface area contributed by atoms with Gasteiger partial charge in [-0.3, -0.25) is 0 Å². The molecule has 0 heterocycles. The van der Waals surface area contributed by atoms with Crippen molar-refractivity contribution in [3.8, 4) is 0 Å². The fourth-order valence-electron chi connectivity index (χ4n) is 0. The van der Waals surface area contributed by atoms with Crippen LogP contribution in [0.1, 0.15) is 14.9 Å². The molecule has 0 fully saturated rings. The van der Waals surface area contributed by atoms with Crippen molar-refractivity contribution < 1.29 is 12.3 Å². The van der Waals surface area contributed by atoms with Crippen molar-refractivity contribution in [2.24, 2.45) is 0 Å². The molecule has 0 radical (unpaired) electrons. The summed E-state index contributed by atoms with van der Waals surface area (Å²) in [6, 6.07) is 0. The first-order valence-electron chi connectivity index (χ1n) is 0.756. The van der Waals surface area contributed by atoms with Gasteiger partial charge in [-0.05, 0) is 0 Å². The number of halogens is 4. The summed E-state index contributed by atoms with van der Waals surface area (Å²) in [4.78, 5) is 0. The molecule has 0 bridgehead atoms. The molecule has 7 heavy (non-hydrogen) atoms. The van der Waals surface area contributed by atoms with Crippen LogP contribution >= 0.6 is 37.2 Å². The molecule has 0 aliphatic carbocycles. The Hall–Kier alpha value is 1.87. The van der Waals surface area contributed by atoms with Crippen molar-refractivity contribution in [2.75, 3.05) is 0 Å². The van der Waals surface area contributed by atoms with Gasteiger partial charge in [0.1, 0.15) is 0 Å². The van der Waals surface area contributed by atoms with Gasteiger partial charge in [0.25, 0.3) is 0 Å². The van der Waals surface area contributed by atoms with Gasteiger partial charge >= 0.3 is 49.6 Å². The van der Waals surface area contributed by atoms with Crippen LogP contribution in [0.4, 0.5) is 0 Å². The van der Waals surface area contributed by atoms with Crippen molar-refractivity contribution in [1.82, 2.24) is 0 Å². The van der Waals surface area contributed by atoms with Gasteiger partial charge in [-0.25, -0.2) is 0 Å². The van der Waals surface area contributed by atoms with Crippen LogP contribution in [0, 0.1) is 0 Å². The second-order valence-electron chi connectivity index (χ2n) is 0.429. The molecule has 48 valence electrons. The first-order chi connectivity index (χ1) is 2.00. The Kier molecular flexibility index (Phi) is 13.7. The van der Waals surface area contributed by atoms with Crippen molar-refractivity contribution >= 4 is 37.2 Å². The zero-order chi connectivity index (χ0) is 4.50. The third-order valence-corrected chi connectivity index (χ3v) is 0. The summed E-state index contributed by atoms with van der Waals surface area (Å²) in [5, 5.41) is 0. The van der Waals surface area contributed by atoms with Crippen LogP contribution in [0.2, 0.25) is 0 Å². The Morgan fingerprint density at radius 1 is 0.714 bits per heavy atom. The summed E-state index contributed by atoms with van der Waals surface area (Å²) in [7, 11) is 20.1. The van der Waals surface area contributed by atoms with Crippen molar-refractivity contribution in [3.05, 3.63) is 0 Å². The van der Waals surface area contributed by atoms with Crippen LogP contribution in [0.25, 0.3) is 0 Å². The van der Waals surface area contributed by atoms with Crippen molar-refractivity contribution in [1.29, 1.82) is 0 Å². The normalized spacial score (nSPS) is 8.57. The van der Waals surface area contributed by atoms with E-state index >= 15 is 0 Å². The van der Waals surface area contributed by atoms with E-state index in [-0.39, 0.29) is 14.9 Å². The fourth-order valence-corrected chi connectivity index (χ4v) is 0. The molecule has 0 aliphatic rings. The molecule has 0 saturated carbocycles. The van der Waals surface area contributed by atoms with Crippen LogP contribution in [0.5, 0.6) is 0 Å². The number of rotatable bonds is 0. The van der Waals surface area contributed by atoms with Crippen molar-refractivity contribution in [3.63, 3.8) is 0 Å². The average Bonchev–Trinajstić information content (AvgIpc) is 0.722. The monoisotopic (exact) mass is 220 g/mol. The summed E-state index contributed by atoms with van der Waals surface area (Å²) in [5.74, 6) is 0. The summed E-state index contributed by atoms with van der Waals surface area (Å²) >= 11 is -3.11. The summed E-state index contributed by atoms with van der Waals surface area (Å²) in [6.45, 7) is 0. The van der Waals surface area contributed by atoms with Crippen LogP contribution in [-0.2, 0) is 12.3 Å². The first kappa shape index (κ1) is 15.9. The first-order valence-corrected chi connectivity index (χ1v) is 9.35. The fraction of sp³-hybridized carbons (Fsp3) is 1.00. The van der Waals surface area contributed by atoms with Crippen LogP contribution < -0.4 is 0 Å². The molecule has 0 aromatic heterocycles. The Morgan fingerprint density at radius 3 is 0.714 bits per heavy atom. The molecule has 0 nitrogen and oxygen atoms in total. The van der Waals surface area contributed by atoms with E-state index in [1.165, 1.54) is 0 Å². The van der Waals surface area contributed by atoms with Gasteiger partial charge in [-0.15, -0.1) is 0 Å². The van der Waals surface area contributed by atoms with Gasteiger partial charge in [-0.2, -0.15) is 0 Å². The minimum absolute atomic E-state index is 0. The predicted molar refractivity (Wildman–Crippen MR) is 36.9 cm³/mol. The predicted octanol–water partition coefficient (Wildman–Crippen LogP) is 4.03. The standard InChI is InChI=1S/2CH4.4ClH.Ti/h2*1H4;4*1H;/q;;;;;;+4/p-4. The van der Waals surface area contributed by atoms with Crippen LogP contribution in [0.15, 0.2) is 0 Å². The van der Waals surface area contributed by atoms with E-state index in [4.69, 9.17) is 37.2 Å². The second-order valence-corrected chi connectivity index (χ2v) is 15.9. The molecule has 0 aliphatic heterocycles. The van der Waals surface area contributed by atoms with E-state index < -0.39 is 12.3 Å². The summed E-state index contributed by atoms with van der Waals surface area (Å²) in [6.07, 6.45) is 0. The molecule has 0 spiro atoms. The van der Waals surface area contributed by atoms with Crippen molar-refractivity contribution in [2.45, 2.75) is 14.9 Å². The molecular formula is C2H8Cl4Ti. The van der Waals surface area contributed by atoms with E-state index in [2.05, 4.69) is 0 Å². The van der Waals surface area contributed by atoms with Gasteiger partial charge in [0.15, 0.2) is 0 Å². The van der Waals surface area contributed by atoms with Gasteiger partial charge in [0.05, 0.1) is 0 Å².